The first-order chi connectivity index (χ1) is 6.42. The number of nitrogens with one attached hydrogen (secondary N) is 1. The van der Waals surface area contributed by atoms with Gasteiger partial charge in [0.2, 0.25) is 0 Å². The van der Waals surface area contributed by atoms with Crippen LogP contribution in [0.3, 0.4) is 0 Å². The second kappa shape index (κ2) is 3.90. The van der Waals surface area contributed by atoms with Crippen LogP contribution < -0.4 is 11.3 Å². The van der Waals surface area contributed by atoms with Crippen molar-refractivity contribution in [2.24, 2.45) is 11.8 Å². The quantitative estimate of drug-likeness (QED) is 0.546. The molecule has 1 aliphatic carbocycles. The molecule has 1 aromatic carbocycles. The van der Waals surface area contributed by atoms with Crippen molar-refractivity contribution in [1.29, 1.82) is 0 Å². The smallest absolute Gasteiger partial charge is 0.0488 e. The Kier molecular flexibility index (Phi) is 2.62. The van der Waals surface area contributed by atoms with E-state index in [2.05, 4.69) is 29.7 Å². The first kappa shape index (κ1) is 8.73. The average molecular weight is 176 g/mol. The Morgan fingerprint density at radius 1 is 1.23 bits per heavy atom. The lowest BCUT2D eigenvalue weighted by molar-refractivity contribution is 0.232. The van der Waals surface area contributed by atoms with Crippen LogP contribution in [0.4, 0.5) is 0 Å². The fraction of sp³-hybridized carbons (Fsp3) is 0.455. The van der Waals surface area contributed by atoms with E-state index in [4.69, 9.17) is 5.84 Å². The van der Waals surface area contributed by atoms with E-state index in [0.717, 1.165) is 5.92 Å². The van der Waals surface area contributed by atoms with Gasteiger partial charge in [0, 0.05) is 6.04 Å². The Morgan fingerprint density at radius 2 is 1.92 bits per heavy atom. The van der Waals surface area contributed by atoms with Crippen LogP contribution in [0.25, 0.3) is 0 Å². The van der Waals surface area contributed by atoms with Crippen molar-refractivity contribution in [3.05, 3.63) is 35.9 Å². The molecule has 3 N–H and O–H groups in total. The first-order valence-electron chi connectivity index (χ1n) is 4.93. The average Bonchev–Trinajstić information content (AvgIpc) is 2.12. The van der Waals surface area contributed by atoms with Crippen molar-refractivity contribution in [2.45, 2.75) is 25.3 Å². The van der Waals surface area contributed by atoms with E-state index < -0.39 is 0 Å². The molecule has 2 rings (SSSR count). The molecule has 0 aliphatic heterocycles. The molecule has 0 unspecified atom stereocenters. The highest BCUT2D eigenvalue weighted by atomic mass is 15.2. The highest BCUT2D eigenvalue weighted by Gasteiger charge is 2.27. The standard InChI is InChI=1S/C11H16N2/c12-13-11(10-7-4-8-10)9-5-2-1-3-6-9/h1-3,5-6,10-11,13H,4,7-8,12H2/t11-/m1/s1. The Labute approximate surface area is 79.1 Å². The molecule has 1 aromatic rings. The van der Waals surface area contributed by atoms with Gasteiger partial charge < -0.3 is 0 Å². The van der Waals surface area contributed by atoms with Gasteiger partial charge in [0.15, 0.2) is 0 Å². The summed E-state index contributed by atoms with van der Waals surface area (Å²) in [5.41, 5.74) is 4.23. The van der Waals surface area contributed by atoms with E-state index in [1.54, 1.807) is 0 Å². The maximum atomic E-state index is 5.57. The Hall–Kier alpha value is -0.860. The summed E-state index contributed by atoms with van der Waals surface area (Å²) in [6, 6.07) is 10.8. The number of nitrogens with two attached hydrogens (primary N) is 1. The molecule has 2 heteroatoms. The Balaban J connectivity index is 2.12. The van der Waals surface area contributed by atoms with Crippen LogP contribution >= 0.6 is 0 Å². The van der Waals surface area contributed by atoms with Gasteiger partial charge in [-0.3, -0.25) is 11.3 Å². The minimum Gasteiger partial charge on any atom is -0.271 e. The van der Waals surface area contributed by atoms with Gasteiger partial charge in [-0.15, -0.1) is 0 Å². The summed E-state index contributed by atoms with van der Waals surface area (Å²) in [6.07, 6.45) is 3.98. The number of hydrogen-bond donors (Lipinski definition) is 2. The van der Waals surface area contributed by atoms with Gasteiger partial charge in [-0.05, 0) is 24.3 Å². The lowest BCUT2D eigenvalue weighted by Gasteiger charge is -2.33. The van der Waals surface area contributed by atoms with Crippen molar-refractivity contribution in [1.82, 2.24) is 5.43 Å². The molecule has 1 aliphatic rings. The molecule has 0 aromatic heterocycles. The zero-order valence-corrected chi connectivity index (χ0v) is 7.74. The minimum atomic E-state index is 0.356. The minimum absolute atomic E-state index is 0.356. The van der Waals surface area contributed by atoms with E-state index >= 15 is 0 Å². The molecule has 0 saturated heterocycles. The van der Waals surface area contributed by atoms with Gasteiger partial charge in [0.05, 0.1) is 0 Å². The van der Waals surface area contributed by atoms with E-state index in [0.29, 0.717) is 6.04 Å². The topological polar surface area (TPSA) is 38.0 Å². The molecule has 0 amide bonds. The lowest BCUT2D eigenvalue weighted by atomic mass is 9.77. The molecule has 0 spiro atoms. The fourth-order valence-electron chi connectivity index (χ4n) is 1.94. The summed E-state index contributed by atoms with van der Waals surface area (Å²) < 4.78 is 0. The van der Waals surface area contributed by atoms with E-state index in [-0.39, 0.29) is 0 Å². The van der Waals surface area contributed by atoms with Gasteiger partial charge in [0.25, 0.3) is 0 Å². The Morgan fingerprint density at radius 3 is 2.38 bits per heavy atom. The number of benzene rings is 1. The molecule has 70 valence electrons. The third-order valence-corrected chi connectivity index (χ3v) is 2.96. The van der Waals surface area contributed by atoms with Crippen LogP contribution in [0, 0.1) is 5.92 Å². The van der Waals surface area contributed by atoms with Crippen LogP contribution in [-0.2, 0) is 0 Å². The molecule has 1 saturated carbocycles. The monoisotopic (exact) mass is 176 g/mol. The SMILES string of the molecule is NN[C@H](c1ccccc1)C1CCC1. The maximum Gasteiger partial charge on any atom is 0.0488 e. The van der Waals surface area contributed by atoms with Crippen LogP contribution in [-0.4, -0.2) is 0 Å². The fourth-order valence-corrected chi connectivity index (χ4v) is 1.94. The highest BCUT2D eigenvalue weighted by Crippen LogP contribution is 2.36. The normalized spacial score (nSPS) is 19.5. The maximum absolute atomic E-state index is 5.57. The summed E-state index contributed by atoms with van der Waals surface area (Å²) in [5.74, 6) is 6.31. The molecular weight excluding hydrogens is 160 g/mol. The van der Waals surface area contributed by atoms with E-state index in [1.807, 2.05) is 6.07 Å². The lowest BCUT2D eigenvalue weighted by Crippen LogP contribution is -2.36. The second-order valence-electron chi connectivity index (χ2n) is 3.75. The van der Waals surface area contributed by atoms with Crippen LogP contribution in [0.5, 0.6) is 0 Å². The summed E-state index contributed by atoms with van der Waals surface area (Å²) in [4.78, 5) is 0. The van der Waals surface area contributed by atoms with E-state index in [9.17, 15) is 0 Å². The number of hydrogen-bond acceptors (Lipinski definition) is 2. The summed E-state index contributed by atoms with van der Waals surface area (Å²) >= 11 is 0. The molecule has 0 heterocycles. The summed E-state index contributed by atoms with van der Waals surface area (Å²) in [5, 5.41) is 0. The first-order valence-corrected chi connectivity index (χ1v) is 4.93. The van der Waals surface area contributed by atoms with Crippen molar-refractivity contribution < 1.29 is 0 Å². The molecule has 0 radical (unpaired) electrons. The largest absolute Gasteiger partial charge is 0.271 e. The third-order valence-electron chi connectivity index (χ3n) is 2.96. The van der Waals surface area contributed by atoms with Crippen LogP contribution in [0.2, 0.25) is 0 Å². The highest BCUT2D eigenvalue weighted by molar-refractivity contribution is 5.20. The summed E-state index contributed by atoms with van der Waals surface area (Å²) in [6.45, 7) is 0. The number of rotatable bonds is 3. The van der Waals surface area contributed by atoms with Gasteiger partial charge >= 0.3 is 0 Å². The molecular formula is C11H16N2. The zero-order valence-electron chi connectivity index (χ0n) is 7.74. The second-order valence-corrected chi connectivity index (χ2v) is 3.75. The van der Waals surface area contributed by atoms with Crippen LogP contribution in [0.1, 0.15) is 30.9 Å². The molecule has 1 fully saturated rings. The van der Waals surface area contributed by atoms with Crippen molar-refractivity contribution in [2.75, 3.05) is 0 Å². The molecule has 0 bridgehead atoms. The van der Waals surface area contributed by atoms with Gasteiger partial charge in [-0.1, -0.05) is 36.8 Å². The number of hydrazine groups is 1. The van der Waals surface area contributed by atoms with Crippen molar-refractivity contribution in [3.8, 4) is 0 Å². The van der Waals surface area contributed by atoms with Crippen molar-refractivity contribution >= 4 is 0 Å². The predicted octanol–water partition coefficient (Wildman–Crippen LogP) is 1.99. The van der Waals surface area contributed by atoms with Crippen molar-refractivity contribution in [3.63, 3.8) is 0 Å². The van der Waals surface area contributed by atoms with E-state index in [1.165, 1.54) is 24.8 Å². The molecule has 2 nitrogen and oxygen atoms in total. The Bertz CT molecular complexity index is 254. The predicted molar refractivity (Wildman–Crippen MR) is 53.8 cm³/mol. The van der Waals surface area contributed by atoms with Gasteiger partial charge in [-0.25, -0.2) is 0 Å². The summed E-state index contributed by atoms with van der Waals surface area (Å²) in [7, 11) is 0. The van der Waals surface area contributed by atoms with Crippen LogP contribution in [0.15, 0.2) is 30.3 Å². The molecule has 13 heavy (non-hydrogen) atoms. The van der Waals surface area contributed by atoms with Gasteiger partial charge in [-0.2, -0.15) is 0 Å². The third kappa shape index (κ3) is 1.74. The van der Waals surface area contributed by atoms with Gasteiger partial charge in [0.1, 0.15) is 0 Å². The molecule has 1 atom stereocenters. The zero-order chi connectivity index (χ0) is 9.10.